The fourth-order valence-electron chi connectivity index (χ4n) is 1.12. The first kappa shape index (κ1) is 6.15. The second kappa shape index (κ2) is 3.13. The molecule has 1 heterocycles. The SMILES string of the molecule is CCN1CC[B]CC1. The molecule has 0 amide bonds. The molecule has 0 atom stereocenters. The second-order valence-electron chi connectivity index (χ2n) is 2.30. The molecule has 0 saturated carbocycles. The first-order valence-corrected chi connectivity index (χ1v) is 3.47. The third-order valence-electron chi connectivity index (χ3n) is 1.75. The molecule has 1 nitrogen and oxygen atoms in total. The molecule has 1 fully saturated rings. The molecule has 45 valence electrons. The molecule has 0 aromatic rings. The van der Waals surface area contributed by atoms with Crippen LogP contribution < -0.4 is 0 Å². The van der Waals surface area contributed by atoms with Crippen molar-refractivity contribution in [1.29, 1.82) is 0 Å². The summed E-state index contributed by atoms with van der Waals surface area (Å²) in [6, 6.07) is 0. The number of rotatable bonds is 1. The summed E-state index contributed by atoms with van der Waals surface area (Å²) in [5, 5.41) is 0. The summed E-state index contributed by atoms with van der Waals surface area (Å²) in [5.41, 5.74) is 0. The van der Waals surface area contributed by atoms with E-state index in [-0.39, 0.29) is 0 Å². The fraction of sp³-hybridized carbons (Fsp3) is 1.00. The molecule has 8 heavy (non-hydrogen) atoms. The van der Waals surface area contributed by atoms with Crippen LogP contribution in [0, 0.1) is 0 Å². The Bertz CT molecular complexity index is 59.5. The Labute approximate surface area is 52.3 Å². The molecule has 0 N–H and O–H groups in total. The van der Waals surface area contributed by atoms with Crippen LogP contribution in [0.2, 0.25) is 12.6 Å². The van der Waals surface area contributed by atoms with E-state index in [9.17, 15) is 0 Å². The smallest absolute Gasteiger partial charge is 0.112 e. The van der Waals surface area contributed by atoms with Crippen molar-refractivity contribution in [3.63, 3.8) is 0 Å². The minimum absolute atomic E-state index is 1.23. The van der Waals surface area contributed by atoms with Gasteiger partial charge in [0.2, 0.25) is 0 Å². The van der Waals surface area contributed by atoms with Crippen molar-refractivity contribution in [3.05, 3.63) is 0 Å². The summed E-state index contributed by atoms with van der Waals surface area (Å²) in [7, 11) is 2.38. The van der Waals surface area contributed by atoms with E-state index in [0.717, 1.165) is 0 Å². The van der Waals surface area contributed by atoms with Crippen LogP contribution in [0.4, 0.5) is 0 Å². The van der Waals surface area contributed by atoms with Gasteiger partial charge in [0, 0.05) is 0 Å². The Kier molecular flexibility index (Phi) is 2.41. The van der Waals surface area contributed by atoms with E-state index in [0.29, 0.717) is 0 Å². The molecule has 0 bridgehead atoms. The molecule has 0 unspecified atom stereocenters. The van der Waals surface area contributed by atoms with Gasteiger partial charge in [0.1, 0.15) is 7.28 Å². The Balaban J connectivity index is 2.13. The van der Waals surface area contributed by atoms with Crippen molar-refractivity contribution >= 4 is 7.28 Å². The Morgan fingerprint density at radius 3 is 2.38 bits per heavy atom. The summed E-state index contributed by atoms with van der Waals surface area (Å²) in [5.74, 6) is 0. The maximum Gasteiger partial charge on any atom is 0.112 e. The van der Waals surface area contributed by atoms with E-state index in [2.05, 4.69) is 19.1 Å². The topological polar surface area (TPSA) is 3.24 Å². The lowest BCUT2D eigenvalue weighted by Gasteiger charge is -2.23. The lowest BCUT2D eigenvalue weighted by Crippen LogP contribution is -2.31. The standard InChI is InChI=1S/C6H13BN/c1-2-8-5-3-7-4-6-8/h2-6H2,1H3. The maximum atomic E-state index is 2.49. The lowest BCUT2D eigenvalue weighted by molar-refractivity contribution is 0.310. The van der Waals surface area contributed by atoms with Gasteiger partial charge in [0.05, 0.1) is 0 Å². The van der Waals surface area contributed by atoms with Gasteiger partial charge in [-0.1, -0.05) is 19.6 Å². The van der Waals surface area contributed by atoms with Crippen molar-refractivity contribution in [2.24, 2.45) is 0 Å². The van der Waals surface area contributed by atoms with E-state index in [1.807, 2.05) is 0 Å². The van der Waals surface area contributed by atoms with Crippen LogP contribution in [0.1, 0.15) is 6.92 Å². The maximum absolute atomic E-state index is 2.49. The normalized spacial score (nSPS) is 22.6. The fourth-order valence-corrected chi connectivity index (χ4v) is 1.12. The van der Waals surface area contributed by atoms with E-state index < -0.39 is 0 Å². The summed E-state index contributed by atoms with van der Waals surface area (Å²) >= 11 is 0. The summed E-state index contributed by atoms with van der Waals surface area (Å²) < 4.78 is 0. The molecule has 0 aromatic carbocycles. The van der Waals surface area contributed by atoms with Crippen LogP contribution in [0.5, 0.6) is 0 Å². The zero-order valence-electron chi connectivity index (χ0n) is 5.56. The summed E-state index contributed by atoms with van der Waals surface area (Å²) in [6.45, 7) is 6.03. The highest BCUT2D eigenvalue weighted by molar-refractivity contribution is 6.35. The highest BCUT2D eigenvalue weighted by atomic mass is 15.1. The summed E-state index contributed by atoms with van der Waals surface area (Å²) in [4.78, 5) is 2.49. The Morgan fingerprint density at radius 1 is 1.38 bits per heavy atom. The predicted molar refractivity (Wildman–Crippen MR) is 37.5 cm³/mol. The molecule has 1 rings (SSSR count). The van der Waals surface area contributed by atoms with Gasteiger partial charge in [-0.05, 0) is 19.6 Å². The third kappa shape index (κ3) is 1.51. The molecular weight excluding hydrogens is 96.9 g/mol. The molecule has 1 aliphatic rings. The largest absolute Gasteiger partial charge is 0.305 e. The zero-order valence-corrected chi connectivity index (χ0v) is 5.56. The van der Waals surface area contributed by atoms with Crippen molar-refractivity contribution in [1.82, 2.24) is 4.90 Å². The quantitative estimate of drug-likeness (QED) is 0.452. The lowest BCUT2D eigenvalue weighted by atomic mass is 9.68. The number of hydrogen-bond donors (Lipinski definition) is 0. The van der Waals surface area contributed by atoms with Crippen LogP contribution in [0.25, 0.3) is 0 Å². The highest BCUT2D eigenvalue weighted by Gasteiger charge is 2.06. The molecule has 1 aliphatic heterocycles. The van der Waals surface area contributed by atoms with Gasteiger partial charge in [-0.25, -0.2) is 0 Å². The van der Waals surface area contributed by atoms with Crippen molar-refractivity contribution in [3.8, 4) is 0 Å². The minimum Gasteiger partial charge on any atom is -0.305 e. The Hall–Kier alpha value is 0.0249. The van der Waals surface area contributed by atoms with E-state index in [1.54, 1.807) is 0 Å². The molecule has 0 aliphatic carbocycles. The molecule has 1 saturated heterocycles. The monoisotopic (exact) mass is 110 g/mol. The molecular formula is C6H13BN. The predicted octanol–water partition coefficient (Wildman–Crippen LogP) is 0.863. The van der Waals surface area contributed by atoms with E-state index in [4.69, 9.17) is 0 Å². The average Bonchev–Trinajstić information content (AvgIpc) is 1.90. The molecule has 0 spiro atoms. The molecule has 1 radical (unpaired) electrons. The molecule has 0 aromatic heterocycles. The molecule has 2 heteroatoms. The second-order valence-corrected chi connectivity index (χ2v) is 2.30. The van der Waals surface area contributed by atoms with Crippen LogP contribution in [-0.2, 0) is 0 Å². The van der Waals surface area contributed by atoms with Gasteiger partial charge in [0.15, 0.2) is 0 Å². The van der Waals surface area contributed by atoms with Crippen molar-refractivity contribution < 1.29 is 0 Å². The van der Waals surface area contributed by atoms with Crippen LogP contribution >= 0.6 is 0 Å². The van der Waals surface area contributed by atoms with Crippen molar-refractivity contribution in [2.75, 3.05) is 19.6 Å². The van der Waals surface area contributed by atoms with Crippen molar-refractivity contribution in [2.45, 2.75) is 19.6 Å². The number of hydrogen-bond acceptors (Lipinski definition) is 1. The minimum atomic E-state index is 1.23. The van der Waals surface area contributed by atoms with Crippen LogP contribution in [0.15, 0.2) is 0 Å². The average molecular weight is 110 g/mol. The van der Waals surface area contributed by atoms with Gasteiger partial charge in [0.25, 0.3) is 0 Å². The Morgan fingerprint density at radius 2 is 2.00 bits per heavy atom. The van der Waals surface area contributed by atoms with Crippen LogP contribution in [0.3, 0.4) is 0 Å². The first-order chi connectivity index (χ1) is 3.93. The highest BCUT2D eigenvalue weighted by Crippen LogP contribution is 2.01. The van der Waals surface area contributed by atoms with Gasteiger partial charge < -0.3 is 4.90 Å². The van der Waals surface area contributed by atoms with Gasteiger partial charge in [-0.2, -0.15) is 0 Å². The van der Waals surface area contributed by atoms with Gasteiger partial charge >= 0.3 is 0 Å². The summed E-state index contributed by atoms with van der Waals surface area (Å²) in [6.07, 6.45) is 2.60. The van der Waals surface area contributed by atoms with Gasteiger partial charge in [-0.15, -0.1) is 0 Å². The van der Waals surface area contributed by atoms with Gasteiger partial charge in [-0.3, -0.25) is 0 Å². The van der Waals surface area contributed by atoms with E-state index >= 15 is 0 Å². The van der Waals surface area contributed by atoms with Crippen LogP contribution in [-0.4, -0.2) is 31.8 Å². The van der Waals surface area contributed by atoms with E-state index in [1.165, 1.54) is 32.3 Å². The third-order valence-corrected chi connectivity index (χ3v) is 1.75. The number of nitrogens with zero attached hydrogens (tertiary/aromatic N) is 1. The first-order valence-electron chi connectivity index (χ1n) is 3.47. The zero-order chi connectivity index (χ0) is 5.82.